The van der Waals surface area contributed by atoms with Crippen LogP contribution in [0.1, 0.15) is 16.7 Å². The summed E-state index contributed by atoms with van der Waals surface area (Å²) in [6, 6.07) is 9.93. The van der Waals surface area contributed by atoms with Crippen molar-refractivity contribution >= 4 is 23.1 Å². The van der Waals surface area contributed by atoms with Crippen molar-refractivity contribution in [2.75, 3.05) is 39.4 Å². The number of aliphatic hydroxyl groups is 1. The van der Waals surface area contributed by atoms with E-state index < -0.39 is 0 Å². The Morgan fingerprint density at radius 3 is 2.86 bits per heavy atom. The highest BCUT2D eigenvalue weighted by Crippen LogP contribution is 2.33. The molecule has 2 aromatic rings. The third-order valence-corrected chi connectivity index (χ3v) is 5.43. The Balaban J connectivity index is 1.54. The molecule has 3 aliphatic rings. The molecule has 5 rings (SSSR count). The van der Waals surface area contributed by atoms with Crippen LogP contribution in [0.15, 0.2) is 58.8 Å². The molecule has 0 amide bonds. The Bertz CT molecular complexity index is 994. The standard InChI is InChI=1S/C22H23N5O2/c28-19(16-4-2-6-23-14-16)13-20-25-21-17(15-26-9-11-29-12-10-26)3-1-5-18(21)22-24-7-8-27(20)22/h1-6,13-14,28H,7-12,15H2/b19-13-. The van der Waals surface area contributed by atoms with Gasteiger partial charge >= 0.3 is 0 Å². The lowest BCUT2D eigenvalue weighted by Crippen LogP contribution is -2.37. The molecule has 3 aliphatic heterocycles. The van der Waals surface area contributed by atoms with Crippen LogP contribution in [0.3, 0.4) is 0 Å². The molecule has 1 saturated heterocycles. The van der Waals surface area contributed by atoms with Crippen LogP contribution >= 0.6 is 0 Å². The summed E-state index contributed by atoms with van der Waals surface area (Å²) in [5.41, 5.74) is 3.85. The third kappa shape index (κ3) is 3.54. The van der Waals surface area contributed by atoms with Gasteiger partial charge in [0.2, 0.25) is 0 Å². The van der Waals surface area contributed by atoms with Crippen LogP contribution in [0.4, 0.5) is 5.69 Å². The van der Waals surface area contributed by atoms with E-state index in [0.29, 0.717) is 11.4 Å². The van der Waals surface area contributed by atoms with E-state index in [4.69, 9.17) is 14.7 Å². The summed E-state index contributed by atoms with van der Waals surface area (Å²) in [6.07, 6.45) is 5.05. The molecular formula is C22H23N5O2. The van der Waals surface area contributed by atoms with Gasteiger partial charge in [0.1, 0.15) is 17.4 Å². The van der Waals surface area contributed by atoms with E-state index in [2.05, 4.69) is 33.0 Å². The van der Waals surface area contributed by atoms with Crippen molar-refractivity contribution in [2.24, 2.45) is 9.98 Å². The molecule has 1 N–H and O–H groups in total. The second kappa shape index (κ2) is 7.77. The van der Waals surface area contributed by atoms with Gasteiger partial charge in [-0.1, -0.05) is 12.1 Å². The second-order valence-corrected chi connectivity index (χ2v) is 7.30. The maximum Gasteiger partial charge on any atom is 0.138 e. The van der Waals surface area contributed by atoms with Crippen LogP contribution in [-0.4, -0.2) is 71.0 Å². The van der Waals surface area contributed by atoms with Crippen molar-refractivity contribution in [3.8, 4) is 0 Å². The lowest BCUT2D eigenvalue weighted by molar-refractivity contribution is 0.0342. The van der Waals surface area contributed by atoms with Gasteiger partial charge in [0.15, 0.2) is 0 Å². The normalized spacial score (nSPS) is 19.4. The Morgan fingerprint density at radius 1 is 1.14 bits per heavy atom. The van der Waals surface area contributed by atoms with E-state index in [1.807, 2.05) is 6.07 Å². The Kier molecular flexibility index (Phi) is 4.83. The monoisotopic (exact) mass is 389 g/mol. The van der Waals surface area contributed by atoms with Crippen molar-refractivity contribution in [3.05, 3.63) is 65.5 Å². The van der Waals surface area contributed by atoms with Crippen molar-refractivity contribution in [1.82, 2.24) is 14.8 Å². The van der Waals surface area contributed by atoms with E-state index >= 15 is 0 Å². The average molecular weight is 389 g/mol. The van der Waals surface area contributed by atoms with Crippen molar-refractivity contribution in [2.45, 2.75) is 6.54 Å². The van der Waals surface area contributed by atoms with Crippen molar-refractivity contribution in [1.29, 1.82) is 0 Å². The van der Waals surface area contributed by atoms with Gasteiger partial charge in [0, 0.05) is 55.8 Å². The molecular weight excluding hydrogens is 366 g/mol. The number of fused-ring (bicyclic) bond motifs is 3. The fraction of sp³-hybridized carbons (Fsp3) is 0.318. The number of aromatic nitrogens is 1. The summed E-state index contributed by atoms with van der Waals surface area (Å²) in [5.74, 6) is 1.80. The van der Waals surface area contributed by atoms with E-state index in [1.54, 1.807) is 24.5 Å². The third-order valence-electron chi connectivity index (χ3n) is 5.43. The minimum absolute atomic E-state index is 0.150. The van der Waals surface area contributed by atoms with Gasteiger partial charge in [-0.05, 0) is 23.8 Å². The van der Waals surface area contributed by atoms with E-state index in [1.165, 1.54) is 5.56 Å². The number of hydrogen-bond donors (Lipinski definition) is 1. The SMILES string of the molecule is O/C(=C\C1=Nc2c(CN3CCOCC3)cccc2C2=NCCN12)c1cccnc1. The molecule has 0 spiro atoms. The number of aliphatic hydroxyl groups excluding tert-OH is 1. The molecule has 0 aliphatic carbocycles. The quantitative estimate of drug-likeness (QED) is 0.814. The Morgan fingerprint density at radius 2 is 2.03 bits per heavy atom. The molecule has 1 aromatic carbocycles. The highest BCUT2D eigenvalue weighted by Gasteiger charge is 2.30. The topological polar surface area (TPSA) is 73.6 Å². The van der Waals surface area contributed by atoms with Gasteiger partial charge in [0.05, 0.1) is 25.4 Å². The Hall–Kier alpha value is -3.03. The van der Waals surface area contributed by atoms with Crippen LogP contribution in [0, 0.1) is 0 Å². The van der Waals surface area contributed by atoms with E-state index in [9.17, 15) is 5.11 Å². The van der Waals surface area contributed by atoms with Gasteiger partial charge in [0.25, 0.3) is 0 Å². The predicted octanol–water partition coefficient (Wildman–Crippen LogP) is 2.62. The predicted molar refractivity (Wildman–Crippen MR) is 113 cm³/mol. The number of rotatable bonds is 4. The smallest absolute Gasteiger partial charge is 0.138 e. The summed E-state index contributed by atoms with van der Waals surface area (Å²) in [6.45, 7) is 5.71. The average Bonchev–Trinajstić information content (AvgIpc) is 3.26. The molecule has 29 heavy (non-hydrogen) atoms. The molecule has 1 aromatic heterocycles. The lowest BCUT2D eigenvalue weighted by Gasteiger charge is -2.30. The number of ether oxygens (including phenoxy) is 1. The minimum atomic E-state index is 0.150. The van der Waals surface area contributed by atoms with Crippen molar-refractivity contribution < 1.29 is 9.84 Å². The molecule has 0 saturated carbocycles. The Labute approximate surface area is 169 Å². The first kappa shape index (κ1) is 18.0. The van der Waals surface area contributed by atoms with Gasteiger partial charge in [-0.3, -0.25) is 14.9 Å². The molecule has 0 unspecified atom stereocenters. The fourth-order valence-corrected chi connectivity index (χ4v) is 3.94. The first-order valence-electron chi connectivity index (χ1n) is 9.94. The number of benzene rings is 1. The molecule has 1 fully saturated rings. The minimum Gasteiger partial charge on any atom is -0.507 e. The summed E-state index contributed by atoms with van der Waals surface area (Å²) in [7, 11) is 0. The summed E-state index contributed by atoms with van der Waals surface area (Å²) >= 11 is 0. The molecule has 7 heteroatoms. The van der Waals surface area contributed by atoms with Crippen LogP contribution in [-0.2, 0) is 11.3 Å². The zero-order valence-electron chi connectivity index (χ0n) is 16.2. The van der Waals surface area contributed by atoms with E-state index in [0.717, 1.165) is 63.0 Å². The number of amidine groups is 2. The summed E-state index contributed by atoms with van der Waals surface area (Å²) in [5, 5.41) is 10.6. The summed E-state index contributed by atoms with van der Waals surface area (Å²) in [4.78, 5) is 18.2. The maximum atomic E-state index is 10.6. The van der Waals surface area contributed by atoms with Gasteiger partial charge in [-0.2, -0.15) is 0 Å². The van der Waals surface area contributed by atoms with E-state index in [-0.39, 0.29) is 5.76 Å². The fourth-order valence-electron chi connectivity index (χ4n) is 3.94. The molecule has 0 atom stereocenters. The number of hydrogen-bond acceptors (Lipinski definition) is 7. The highest BCUT2D eigenvalue weighted by atomic mass is 16.5. The zero-order valence-corrected chi connectivity index (χ0v) is 16.2. The molecule has 0 bridgehead atoms. The number of para-hydroxylation sites is 1. The maximum absolute atomic E-state index is 10.6. The van der Waals surface area contributed by atoms with Gasteiger partial charge in [-0.15, -0.1) is 0 Å². The highest BCUT2D eigenvalue weighted by molar-refractivity contribution is 6.20. The zero-order chi connectivity index (χ0) is 19.6. The largest absolute Gasteiger partial charge is 0.507 e. The molecule has 0 radical (unpaired) electrons. The molecule has 7 nitrogen and oxygen atoms in total. The summed E-state index contributed by atoms with van der Waals surface area (Å²) < 4.78 is 5.47. The van der Waals surface area contributed by atoms with Crippen LogP contribution in [0.25, 0.3) is 5.76 Å². The number of nitrogens with zero attached hydrogens (tertiary/aromatic N) is 5. The second-order valence-electron chi connectivity index (χ2n) is 7.30. The van der Waals surface area contributed by atoms with Gasteiger partial charge in [-0.25, -0.2) is 4.99 Å². The van der Waals surface area contributed by atoms with Crippen LogP contribution in [0.2, 0.25) is 0 Å². The first-order chi connectivity index (χ1) is 14.3. The number of morpholine rings is 1. The molecule has 4 heterocycles. The van der Waals surface area contributed by atoms with Gasteiger partial charge < -0.3 is 14.7 Å². The lowest BCUT2D eigenvalue weighted by atomic mass is 10.0. The number of aliphatic imine (C=N–C) groups is 2. The molecule has 148 valence electrons. The first-order valence-corrected chi connectivity index (χ1v) is 9.94. The van der Waals surface area contributed by atoms with Crippen LogP contribution in [0.5, 0.6) is 0 Å². The van der Waals surface area contributed by atoms with Crippen LogP contribution < -0.4 is 0 Å². The van der Waals surface area contributed by atoms with Crippen molar-refractivity contribution in [3.63, 3.8) is 0 Å². The number of pyridine rings is 1.